The summed E-state index contributed by atoms with van der Waals surface area (Å²) in [7, 11) is 0. The Hall–Kier alpha value is -3.61. The van der Waals surface area contributed by atoms with E-state index in [1.165, 1.54) is 24.2 Å². The number of aromatic nitrogens is 4. The van der Waals surface area contributed by atoms with E-state index >= 15 is 0 Å². The maximum absolute atomic E-state index is 11.8. The smallest absolute Gasteiger partial charge is 0.287 e. The Labute approximate surface area is 205 Å². The van der Waals surface area contributed by atoms with Gasteiger partial charge in [-0.15, -0.1) is 0 Å². The number of amides is 1. The van der Waals surface area contributed by atoms with E-state index in [0.29, 0.717) is 58.4 Å². The number of nitrogens with zero attached hydrogens (tertiary/aromatic N) is 6. The number of nitro groups is 1. The molecule has 2 aliphatic rings. The van der Waals surface area contributed by atoms with Gasteiger partial charge in [-0.05, 0) is 36.9 Å². The van der Waals surface area contributed by atoms with Crippen molar-refractivity contribution in [2.75, 3.05) is 32.0 Å². The van der Waals surface area contributed by atoms with Gasteiger partial charge in [0.25, 0.3) is 5.69 Å². The summed E-state index contributed by atoms with van der Waals surface area (Å²) in [6.07, 6.45) is 4.11. The van der Waals surface area contributed by atoms with Crippen molar-refractivity contribution in [1.82, 2.24) is 24.4 Å². The summed E-state index contributed by atoms with van der Waals surface area (Å²) in [5.74, 6) is 1.62. The van der Waals surface area contributed by atoms with Crippen LogP contribution in [-0.2, 0) is 11.3 Å². The van der Waals surface area contributed by atoms with E-state index in [2.05, 4.69) is 15.0 Å². The lowest BCUT2D eigenvalue weighted by Crippen LogP contribution is -2.37. The first-order valence-corrected chi connectivity index (χ1v) is 12.2. The summed E-state index contributed by atoms with van der Waals surface area (Å²) >= 11 is 1.17. The monoisotopic (exact) mass is 499 g/mol. The molecule has 1 saturated heterocycles. The molecule has 1 aromatic carbocycles. The molecule has 0 radical (unpaired) electrons. The zero-order valence-corrected chi connectivity index (χ0v) is 20.0. The van der Waals surface area contributed by atoms with Crippen molar-refractivity contribution in [2.45, 2.75) is 42.8 Å². The van der Waals surface area contributed by atoms with Crippen LogP contribution in [0.5, 0.6) is 11.5 Å². The van der Waals surface area contributed by atoms with Crippen LogP contribution in [0.1, 0.15) is 26.2 Å². The van der Waals surface area contributed by atoms with Crippen LogP contribution < -0.4 is 15.2 Å². The van der Waals surface area contributed by atoms with E-state index in [1.807, 2.05) is 9.47 Å². The lowest BCUT2D eigenvalue weighted by molar-refractivity contribution is -0.387. The fraction of sp³-hybridized carbons (Fsp3) is 0.455. The molecule has 0 aliphatic carbocycles. The van der Waals surface area contributed by atoms with Crippen LogP contribution in [0.25, 0.3) is 11.2 Å². The minimum Gasteiger partial charge on any atom is -0.486 e. The van der Waals surface area contributed by atoms with E-state index in [0.717, 1.165) is 32.4 Å². The number of carbonyl (C=O) groups excluding carboxylic acids is 1. The number of nitrogen functional groups attached to an aromatic ring is 1. The van der Waals surface area contributed by atoms with Gasteiger partial charge < -0.3 is 24.7 Å². The third-order valence-corrected chi connectivity index (χ3v) is 7.41. The largest absolute Gasteiger partial charge is 0.486 e. The molecule has 0 atom stereocenters. The van der Waals surface area contributed by atoms with Gasteiger partial charge >= 0.3 is 0 Å². The Bertz CT molecular complexity index is 1290. The average Bonchev–Trinajstić information content (AvgIpc) is 3.20. The number of carbonyl (C=O) groups is 1. The number of benzene rings is 1. The first kappa shape index (κ1) is 23.1. The van der Waals surface area contributed by atoms with Crippen molar-refractivity contribution in [1.29, 1.82) is 0 Å². The number of imidazole rings is 1. The Balaban J connectivity index is 1.45. The number of ether oxygens (including phenoxy) is 2. The summed E-state index contributed by atoms with van der Waals surface area (Å²) in [5, 5.41) is 12.3. The first-order chi connectivity index (χ1) is 16.9. The molecule has 12 nitrogen and oxygen atoms in total. The van der Waals surface area contributed by atoms with Crippen LogP contribution in [0.3, 0.4) is 0 Å². The minimum absolute atomic E-state index is 0.0893. The first-order valence-electron chi connectivity index (χ1n) is 11.4. The van der Waals surface area contributed by atoms with Crippen molar-refractivity contribution in [3.63, 3.8) is 0 Å². The lowest BCUT2D eigenvalue weighted by atomic mass is 9.93. The van der Waals surface area contributed by atoms with Gasteiger partial charge in [-0.3, -0.25) is 14.9 Å². The molecule has 0 bridgehead atoms. The molecule has 2 N–H and O–H groups in total. The van der Waals surface area contributed by atoms with Crippen molar-refractivity contribution < 1.29 is 19.2 Å². The van der Waals surface area contributed by atoms with Gasteiger partial charge in [0.15, 0.2) is 33.6 Å². The van der Waals surface area contributed by atoms with Crippen molar-refractivity contribution in [2.24, 2.45) is 5.92 Å². The number of likely N-dealkylation sites (tertiary alicyclic amines) is 1. The number of hydrogen-bond donors (Lipinski definition) is 1. The van der Waals surface area contributed by atoms with Crippen LogP contribution in [0, 0.1) is 16.0 Å². The van der Waals surface area contributed by atoms with Gasteiger partial charge in [0, 0.05) is 32.6 Å². The second-order valence-corrected chi connectivity index (χ2v) is 9.55. The number of aryl methyl sites for hydroxylation is 1. The molecule has 1 fully saturated rings. The van der Waals surface area contributed by atoms with Crippen molar-refractivity contribution >= 4 is 40.3 Å². The van der Waals surface area contributed by atoms with Crippen LogP contribution in [0.15, 0.2) is 28.5 Å². The van der Waals surface area contributed by atoms with Gasteiger partial charge in [-0.25, -0.2) is 15.0 Å². The molecule has 13 heteroatoms. The number of nitro benzene ring substituents is 1. The van der Waals surface area contributed by atoms with E-state index in [4.69, 9.17) is 15.2 Å². The molecule has 0 spiro atoms. The number of rotatable bonds is 6. The van der Waals surface area contributed by atoms with Crippen LogP contribution in [0.2, 0.25) is 0 Å². The molecule has 0 unspecified atom stereocenters. The van der Waals surface area contributed by atoms with Gasteiger partial charge in [-0.2, -0.15) is 0 Å². The Kier molecular flexibility index (Phi) is 6.32. The molecule has 35 heavy (non-hydrogen) atoms. The molecule has 3 aromatic rings. The van der Waals surface area contributed by atoms with Gasteiger partial charge in [0.1, 0.15) is 19.5 Å². The highest BCUT2D eigenvalue weighted by molar-refractivity contribution is 7.99. The highest BCUT2D eigenvalue weighted by Gasteiger charge is 2.26. The lowest BCUT2D eigenvalue weighted by Gasteiger charge is -2.31. The Morgan fingerprint density at radius 3 is 2.63 bits per heavy atom. The average molecular weight is 500 g/mol. The molecule has 1 amide bonds. The topological polar surface area (TPSA) is 152 Å². The quantitative estimate of drug-likeness (QED) is 0.396. The SMILES string of the molecule is CC(=O)N1CCC(CCn2c(Sc3cc4c(cc3[N+](=O)[O-])OCCO4)nc3c(N)ncnc32)CC1. The molecule has 4 heterocycles. The van der Waals surface area contributed by atoms with E-state index in [-0.39, 0.29) is 17.4 Å². The van der Waals surface area contributed by atoms with Gasteiger partial charge in [-0.1, -0.05) is 0 Å². The summed E-state index contributed by atoms with van der Waals surface area (Å²) < 4.78 is 13.1. The fourth-order valence-corrected chi connectivity index (χ4v) is 5.47. The molecule has 0 saturated carbocycles. The number of anilines is 1. The fourth-order valence-electron chi connectivity index (χ4n) is 4.44. The standard InChI is InChI=1S/C22H25N7O5S/c1-13(30)27-5-2-14(3-6-27)4-7-28-21-19(20(23)24-12-25-21)26-22(28)35-18-11-17-16(33-8-9-34-17)10-15(18)29(31)32/h10-12,14H,2-9H2,1H3,(H2,23,24,25). The highest BCUT2D eigenvalue weighted by atomic mass is 32.2. The Morgan fingerprint density at radius 1 is 1.23 bits per heavy atom. The van der Waals surface area contributed by atoms with Crippen molar-refractivity contribution in [3.05, 3.63) is 28.6 Å². The third kappa shape index (κ3) is 4.67. The molecule has 2 aromatic heterocycles. The number of nitrogens with two attached hydrogens (primary N) is 1. The summed E-state index contributed by atoms with van der Waals surface area (Å²) in [6, 6.07) is 3.01. The zero-order chi connectivity index (χ0) is 24.5. The maximum atomic E-state index is 11.8. The molecular weight excluding hydrogens is 474 g/mol. The van der Waals surface area contributed by atoms with Crippen LogP contribution >= 0.6 is 11.8 Å². The van der Waals surface area contributed by atoms with Crippen LogP contribution in [-0.4, -0.2) is 61.6 Å². The van der Waals surface area contributed by atoms with Gasteiger partial charge in [0.05, 0.1) is 15.9 Å². The second-order valence-electron chi connectivity index (χ2n) is 8.54. The van der Waals surface area contributed by atoms with E-state index in [1.54, 1.807) is 13.0 Å². The normalized spacial score (nSPS) is 16.0. The van der Waals surface area contributed by atoms with Crippen LogP contribution in [0.4, 0.5) is 11.5 Å². The van der Waals surface area contributed by atoms with Crippen molar-refractivity contribution in [3.8, 4) is 11.5 Å². The maximum Gasteiger partial charge on any atom is 0.287 e. The van der Waals surface area contributed by atoms with E-state index in [9.17, 15) is 14.9 Å². The molecule has 2 aliphatic heterocycles. The molecular formula is C22H25N7O5S. The second kappa shape index (κ2) is 9.56. The summed E-state index contributed by atoms with van der Waals surface area (Å²) in [5.41, 5.74) is 7.02. The number of fused-ring (bicyclic) bond motifs is 2. The molecule has 184 valence electrons. The number of hydrogen-bond acceptors (Lipinski definition) is 10. The third-order valence-electron chi connectivity index (χ3n) is 6.37. The number of piperidine rings is 1. The minimum atomic E-state index is -0.440. The van der Waals surface area contributed by atoms with Gasteiger partial charge in [0.2, 0.25) is 5.91 Å². The predicted molar refractivity (Wildman–Crippen MR) is 128 cm³/mol. The highest BCUT2D eigenvalue weighted by Crippen LogP contribution is 2.43. The van der Waals surface area contributed by atoms with E-state index < -0.39 is 4.92 Å². The molecule has 5 rings (SSSR count). The summed E-state index contributed by atoms with van der Waals surface area (Å²) in [6.45, 7) is 4.44. The zero-order valence-electron chi connectivity index (χ0n) is 19.2. The summed E-state index contributed by atoms with van der Waals surface area (Å²) in [4.78, 5) is 38.4. The predicted octanol–water partition coefficient (Wildman–Crippen LogP) is 2.89. The Morgan fingerprint density at radius 2 is 1.94 bits per heavy atom.